The quantitative estimate of drug-likeness (QED) is 0.290. The molecule has 0 aromatic heterocycles. The number of hydrogen-bond donors (Lipinski definition) is 1. The standard InChI is InChI=1S/C17H20I3NO4/c1-17(2,10-3-5-21-6-4-10)25-14(22)9-24-16(23)12-7-11(18)8-13(19)15(12)20/h7-8,10,21H,3-6,9H2,1-2H3. The number of esters is 2. The highest BCUT2D eigenvalue weighted by Gasteiger charge is 2.34. The van der Waals surface area contributed by atoms with E-state index in [-0.39, 0.29) is 6.61 Å². The summed E-state index contributed by atoms with van der Waals surface area (Å²) in [5, 5.41) is 3.30. The summed E-state index contributed by atoms with van der Waals surface area (Å²) in [7, 11) is 0. The first-order valence-electron chi connectivity index (χ1n) is 7.95. The van der Waals surface area contributed by atoms with E-state index >= 15 is 0 Å². The lowest BCUT2D eigenvalue weighted by Crippen LogP contribution is -2.43. The fourth-order valence-corrected chi connectivity index (χ4v) is 5.21. The Bertz CT molecular complexity index is 658. The summed E-state index contributed by atoms with van der Waals surface area (Å²) in [6.45, 7) is 5.35. The summed E-state index contributed by atoms with van der Waals surface area (Å²) >= 11 is 6.44. The second-order valence-corrected chi connectivity index (χ2v) is 9.91. The lowest BCUT2D eigenvalue weighted by atomic mass is 9.83. The summed E-state index contributed by atoms with van der Waals surface area (Å²) in [5.41, 5.74) is -0.0837. The van der Waals surface area contributed by atoms with E-state index in [0.29, 0.717) is 11.5 Å². The van der Waals surface area contributed by atoms with Crippen LogP contribution >= 0.6 is 67.8 Å². The molecule has 0 spiro atoms. The van der Waals surface area contributed by atoms with Gasteiger partial charge >= 0.3 is 11.9 Å². The van der Waals surface area contributed by atoms with E-state index < -0.39 is 17.5 Å². The number of carbonyl (C=O) groups excluding carboxylic acids is 2. The zero-order valence-corrected chi connectivity index (χ0v) is 20.5. The topological polar surface area (TPSA) is 64.6 Å². The fraction of sp³-hybridized carbons (Fsp3) is 0.529. The highest BCUT2D eigenvalue weighted by molar-refractivity contribution is 14.1. The predicted octanol–water partition coefficient (Wildman–Crippen LogP) is 3.98. The lowest BCUT2D eigenvalue weighted by Gasteiger charge is -2.36. The molecule has 1 heterocycles. The van der Waals surface area contributed by atoms with Gasteiger partial charge in [0.25, 0.3) is 0 Å². The van der Waals surface area contributed by atoms with Crippen LogP contribution < -0.4 is 5.32 Å². The van der Waals surface area contributed by atoms with Crippen LogP contribution in [0.4, 0.5) is 0 Å². The average Bonchev–Trinajstić information content (AvgIpc) is 2.56. The molecule has 1 aliphatic heterocycles. The number of carbonyl (C=O) groups is 2. The van der Waals surface area contributed by atoms with Crippen molar-refractivity contribution in [1.82, 2.24) is 5.32 Å². The van der Waals surface area contributed by atoms with E-state index in [1.165, 1.54) is 0 Å². The van der Waals surface area contributed by atoms with Crippen LogP contribution in [0.5, 0.6) is 0 Å². The highest BCUT2D eigenvalue weighted by atomic mass is 127. The van der Waals surface area contributed by atoms with Gasteiger partial charge in [0.15, 0.2) is 6.61 Å². The van der Waals surface area contributed by atoms with Crippen molar-refractivity contribution in [3.63, 3.8) is 0 Å². The van der Waals surface area contributed by atoms with Gasteiger partial charge < -0.3 is 14.8 Å². The molecule has 1 saturated heterocycles. The van der Waals surface area contributed by atoms with Gasteiger partial charge in [-0.25, -0.2) is 9.59 Å². The summed E-state index contributed by atoms with van der Waals surface area (Å²) in [4.78, 5) is 24.4. The van der Waals surface area contributed by atoms with Crippen LogP contribution in [-0.4, -0.2) is 37.2 Å². The van der Waals surface area contributed by atoms with Crippen LogP contribution in [0, 0.1) is 16.6 Å². The summed E-state index contributed by atoms with van der Waals surface area (Å²) in [5.74, 6) is -0.698. The average molecular weight is 683 g/mol. The Labute approximate surface area is 188 Å². The Morgan fingerprint density at radius 1 is 1.20 bits per heavy atom. The normalized spacial score (nSPS) is 15.7. The van der Waals surface area contributed by atoms with Gasteiger partial charge in [0.1, 0.15) is 5.60 Å². The fourth-order valence-electron chi connectivity index (χ4n) is 2.83. The molecule has 0 amide bonds. The van der Waals surface area contributed by atoms with Gasteiger partial charge in [-0.1, -0.05) is 0 Å². The number of halogens is 3. The monoisotopic (exact) mass is 683 g/mol. The van der Waals surface area contributed by atoms with Crippen LogP contribution in [-0.2, 0) is 14.3 Å². The summed E-state index contributed by atoms with van der Waals surface area (Å²) in [6, 6.07) is 3.74. The van der Waals surface area contributed by atoms with Crippen molar-refractivity contribution < 1.29 is 19.1 Å². The van der Waals surface area contributed by atoms with Gasteiger partial charge in [-0.05, 0) is 120 Å². The van der Waals surface area contributed by atoms with Crippen molar-refractivity contribution >= 4 is 79.7 Å². The number of hydrogen-bond acceptors (Lipinski definition) is 5. The van der Waals surface area contributed by atoms with Gasteiger partial charge in [0.05, 0.1) is 5.56 Å². The molecule has 0 atom stereocenters. The Kier molecular flexibility index (Phi) is 8.20. The molecular weight excluding hydrogens is 663 g/mol. The van der Waals surface area contributed by atoms with Crippen LogP contribution in [0.25, 0.3) is 0 Å². The molecule has 5 nitrogen and oxygen atoms in total. The molecular formula is C17H20I3NO4. The maximum atomic E-state index is 12.3. The Balaban J connectivity index is 1.92. The van der Waals surface area contributed by atoms with Crippen LogP contribution in [0.3, 0.4) is 0 Å². The predicted molar refractivity (Wildman–Crippen MR) is 121 cm³/mol. The van der Waals surface area contributed by atoms with Crippen LogP contribution in [0.15, 0.2) is 12.1 Å². The molecule has 0 aliphatic carbocycles. The third-order valence-corrected chi connectivity index (χ3v) is 7.90. The minimum atomic E-state index is -0.558. The van der Waals surface area contributed by atoms with Crippen LogP contribution in [0.1, 0.15) is 37.0 Å². The number of nitrogens with one attached hydrogen (secondary N) is 1. The van der Waals surface area contributed by atoms with E-state index in [2.05, 4.69) is 73.1 Å². The van der Waals surface area contributed by atoms with Crippen molar-refractivity contribution in [2.75, 3.05) is 19.7 Å². The third kappa shape index (κ3) is 6.16. The minimum absolute atomic E-state index is 0.312. The van der Waals surface area contributed by atoms with Crippen molar-refractivity contribution in [3.05, 3.63) is 28.4 Å². The number of rotatable bonds is 5. The molecule has 0 bridgehead atoms. The number of piperidine rings is 1. The minimum Gasteiger partial charge on any atom is -0.457 e. The molecule has 1 N–H and O–H groups in total. The molecule has 0 unspecified atom stereocenters. The Morgan fingerprint density at radius 3 is 2.48 bits per heavy atom. The van der Waals surface area contributed by atoms with E-state index in [1.54, 1.807) is 6.07 Å². The van der Waals surface area contributed by atoms with Crippen molar-refractivity contribution in [1.29, 1.82) is 0 Å². The van der Waals surface area contributed by atoms with E-state index in [9.17, 15) is 9.59 Å². The maximum absolute atomic E-state index is 12.3. The van der Waals surface area contributed by atoms with E-state index in [0.717, 1.165) is 36.6 Å². The molecule has 1 aliphatic rings. The van der Waals surface area contributed by atoms with E-state index in [1.807, 2.05) is 19.9 Å². The SMILES string of the molecule is CC(C)(OC(=O)COC(=O)c1cc(I)cc(I)c1I)C1CCNCC1. The Morgan fingerprint density at radius 2 is 1.84 bits per heavy atom. The molecule has 8 heteroatoms. The highest BCUT2D eigenvalue weighted by Crippen LogP contribution is 2.29. The summed E-state index contributed by atoms with van der Waals surface area (Å²) in [6.07, 6.45) is 1.94. The number of benzene rings is 1. The van der Waals surface area contributed by atoms with Crippen molar-refractivity contribution in [2.24, 2.45) is 5.92 Å². The molecule has 1 aromatic carbocycles. The lowest BCUT2D eigenvalue weighted by molar-refractivity contribution is -0.166. The van der Waals surface area contributed by atoms with Gasteiger partial charge in [-0.3, -0.25) is 0 Å². The van der Waals surface area contributed by atoms with Crippen LogP contribution in [0.2, 0.25) is 0 Å². The zero-order valence-electron chi connectivity index (χ0n) is 14.0. The molecule has 0 radical (unpaired) electrons. The molecule has 0 saturated carbocycles. The molecule has 138 valence electrons. The van der Waals surface area contributed by atoms with Gasteiger partial charge in [0, 0.05) is 16.6 Å². The van der Waals surface area contributed by atoms with Gasteiger partial charge in [-0.15, -0.1) is 0 Å². The van der Waals surface area contributed by atoms with E-state index in [4.69, 9.17) is 9.47 Å². The largest absolute Gasteiger partial charge is 0.457 e. The molecule has 1 aromatic rings. The van der Waals surface area contributed by atoms with Gasteiger partial charge in [-0.2, -0.15) is 0 Å². The second-order valence-electron chi connectivity index (χ2n) is 6.43. The first-order chi connectivity index (χ1) is 11.7. The maximum Gasteiger partial charge on any atom is 0.344 e. The summed E-state index contributed by atoms with van der Waals surface area (Å²) < 4.78 is 13.5. The zero-order chi connectivity index (χ0) is 18.6. The van der Waals surface area contributed by atoms with Crippen molar-refractivity contribution in [2.45, 2.75) is 32.3 Å². The first-order valence-corrected chi connectivity index (χ1v) is 11.2. The molecule has 25 heavy (non-hydrogen) atoms. The smallest absolute Gasteiger partial charge is 0.344 e. The second kappa shape index (κ2) is 9.49. The molecule has 1 fully saturated rings. The molecule has 2 rings (SSSR count). The van der Waals surface area contributed by atoms with Crippen molar-refractivity contribution in [3.8, 4) is 0 Å². The third-order valence-electron chi connectivity index (χ3n) is 4.23. The number of ether oxygens (including phenoxy) is 2. The Hall–Kier alpha value is 0.310. The van der Waals surface area contributed by atoms with Gasteiger partial charge in [0.2, 0.25) is 0 Å². The first kappa shape index (κ1) is 21.6.